The lowest BCUT2D eigenvalue weighted by molar-refractivity contribution is 0.525. The minimum absolute atomic E-state index is 0.628. The highest BCUT2D eigenvalue weighted by molar-refractivity contribution is 5.65. The van der Waals surface area contributed by atoms with Gasteiger partial charge in [0.2, 0.25) is 0 Å². The minimum Gasteiger partial charge on any atom is -0.379 e. The summed E-state index contributed by atoms with van der Waals surface area (Å²) in [4.78, 5) is 6.49. The zero-order valence-electron chi connectivity index (χ0n) is 11.1. The van der Waals surface area contributed by atoms with Gasteiger partial charge < -0.3 is 10.2 Å². The molecule has 94 valence electrons. The van der Waals surface area contributed by atoms with E-state index in [2.05, 4.69) is 28.2 Å². The second kappa shape index (κ2) is 5.39. The second-order valence-corrected chi connectivity index (χ2v) is 5.20. The number of aromatic nitrogens is 1. The third-order valence-corrected chi connectivity index (χ3v) is 3.69. The highest BCUT2D eigenvalue weighted by Gasteiger charge is 2.23. The van der Waals surface area contributed by atoms with Crippen LogP contribution in [0.2, 0.25) is 0 Å². The van der Waals surface area contributed by atoms with Gasteiger partial charge >= 0.3 is 0 Å². The maximum Gasteiger partial charge on any atom is 0.151 e. The number of hydrogen-bond donors (Lipinski definition) is 1. The molecular weight excluding hydrogens is 210 g/mol. The first-order valence-corrected chi connectivity index (χ1v) is 6.59. The van der Waals surface area contributed by atoms with E-state index in [1.54, 1.807) is 0 Å². The van der Waals surface area contributed by atoms with Crippen molar-refractivity contribution in [2.75, 3.05) is 24.3 Å². The summed E-state index contributed by atoms with van der Waals surface area (Å²) in [6, 6.07) is 4.76. The van der Waals surface area contributed by atoms with Crippen molar-refractivity contribution < 1.29 is 0 Å². The maximum atomic E-state index is 4.42. The summed E-state index contributed by atoms with van der Waals surface area (Å²) in [5.41, 5.74) is 1.17. The molecule has 1 aromatic heterocycles. The van der Waals surface area contributed by atoms with Gasteiger partial charge in [-0.15, -0.1) is 0 Å². The van der Waals surface area contributed by atoms with Crippen LogP contribution in [0.4, 0.5) is 11.5 Å². The molecule has 0 aromatic carbocycles. The van der Waals surface area contributed by atoms with Crippen molar-refractivity contribution in [3.63, 3.8) is 0 Å². The molecule has 2 atom stereocenters. The first-order chi connectivity index (χ1) is 8.20. The predicted octanol–water partition coefficient (Wildman–Crippen LogP) is 3.14. The molecule has 17 heavy (non-hydrogen) atoms. The van der Waals surface area contributed by atoms with Gasteiger partial charge in [-0.2, -0.15) is 0 Å². The largest absolute Gasteiger partial charge is 0.379 e. The molecule has 0 saturated heterocycles. The van der Waals surface area contributed by atoms with E-state index in [0.29, 0.717) is 6.04 Å². The molecule has 1 N–H and O–H groups in total. The Bertz CT molecular complexity index is 362. The van der Waals surface area contributed by atoms with Gasteiger partial charge in [0.05, 0.1) is 5.69 Å². The van der Waals surface area contributed by atoms with Crippen molar-refractivity contribution >= 4 is 11.5 Å². The average molecular weight is 233 g/mol. The van der Waals surface area contributed by atoms with Crippen molar-refractivity contribution in [3.8, 4) is 0 Å². The summed E-state index contributed by atoms with van der Waals surface area (Å²) in [5.74, 6) is 1.94. The summed E-state index contributed by atoms with van der Waals surface area (Å²) in [6.45, 7) is 2.29. The van der Waals surface area contributed by atoms with Crippen LogP contribution in [-0.4, -0.2) is 25.1 Å². The fourth-order valence-corrected chi connectivity index (χ4v) is 2.66. The fourth-order valence-electron chi connectivity index (χ4n) is 2.66. The lowest BCUT2D eigenvalue weighted by Gasteiger charge is -2.20. The van der Waals surface area contributed by atoms with Crippen LogP contribution in [0.15, 0.2) is 18.3 Å². The van der Waals surface area contributed by atoms with E-state index in [1.165, 1.54) is 31.4 Å². The van der Waals surface area contributed by atoms with Crippen molar-refractivity contribution in [1.29, 1.82) is 0 Å². The molecule has 0 spiro atoms. The van der Waals surface area contributed by atoms with Gasteiger partial charge in [0.1, 0.15) is 0 Å². The van der Waals surface area contributed by atoms with Gasteiger partial charge in [0.15, 0.2) is 5.82 Å². The smallest absolute Gasteiger partial charge is 0.151 e. The fraction of sp³-hybridized carbons (Fsp3) is 0.643. The molecule has 1 saturated carbocycles. The third kappa shape index (κ3) is 2.90. The summed E-state index contributed by atoms with van der Waals surface area (Å²) in [7, 11) is 4.08. The van der Waals surface area contributed by atoms with Gasteiger partial charge in [-0.3, -0.25) is 0 Å². The van der Waals surface area contributed by atoms with Crippen LogP contribution in [0, 0.1) is 5.92 Å². The number of hydrogen-bond acceptors (Lipinski definition) is 3. The van der Waals surface area contributed by atoms with Crippen LogP contribution in [0.3, 0.4) is 0 Å². The van der Waals surface area contributed by atoms with Gasteiger partial charge in [0, 0.05) is 26.3 Å². The second-order valence-electron chi connectivity index (χ2n) is 5.20. The van der Waals surface area contributed by atoms with Gasteiger partial charge in [-0.1, -0.05) is 13.3 Å². The van der Waals surface area contributed by atoms with Gasteiger partial charge in [-0.25, -0.2) is 4.98 Å². The van der Waals surface area contributed by atoms with E-state index in [1.807, 2.05) is 26.4 Å². The van der Waals surface area contributed by atoms with Crippen LogP contribution in [0.25, 0.3) is 0 Å². The van der Waals surface area contributed by atoms with Crippen molar-refractivity contribution in [2.45, 2.75) is 38.6 Å². The first kappa shape index (κ1) is 12.2. The van der Waals surface area contributed by atoms with Crippen LogP contribution < -0.4 is 10.2 Å². The lowest BCUT2D eigenvalue weighted by atomic mass is 10.1. The zero-order valence-corrected chi connectivity index (χ0v) is 11.1. The Morgan fingerprint density at radius 2 is 2.24 bits per heavy atom. The monoisotopic (exact) mass is 233 g/mol. The number of nitrogens with zero attached hydrogens (tertiary/aromatic N) is 2. The van der Waals surface area contributed by atoms with Gasteiger partial charge in [0.25, 0.3) is 0 Å². The Kier molecular flexibility index (Phi) is 3.87. The van der Waals surface area contributed by atoms with E-state index in [9.17, 15) is 0 Å². The third-order valence-electron chi connectivity index (χ3n) is 3.69. The highest BCUT2D eigenvalue weighted by atomic mass is 15.2. The van der Waals surface area contributed by atoms with E-state index in [4.69, 9.17) is 0 Å². The molecule has 0 bridgehead atoms. The molecule has 0 amide bonds. The molecular formula is C14H23N3. The lowest BCUT2D eigenvalue weighted by Crippen LogP contribution is -2.19. The normalized spacial score (nSPS) is 23.7. The average Bonchev–Trinajstić information content (AvgIpc) is 2.77. The standard InChI is InChI=1S/C14H23N3/c1-4-11-7-8-12(10-11)16-13-6-5-9-15-14(13)17(2)3/h5-6,9,11-12,16H,4,7-8,10H2,1-3H3. The summed E-state index contributed by atoms with van der Waals surface area (Å²) in [6.07, 6.45) is 7.13. The quantitative estimate of drug-likeness (QED) is 0.866. The Morgan fingerprint density at radius 1 is 1.41 bits per heavy atom. The number of rotatable bonds is 4. The Balaban J connectivity index is 2.04. The molecule has 1 fully saturated rings. The zero-order chi connectivity index (χ0) is 12.3. The maximum absolute atomic E-state index is 4.42. The topological polar surface area (TPSA) is 28.2 Å². The first-order valence-electron chi connectivity index (χ1n) is 6.59. The SMILES string of the molecule is CCC1CCC(Nc2cccnc2N(C)C)C1. The van der Waals surface area contributed by atoms with Crippen molar-refractivity contribution in [2.24, 2.45) is 5.92 Å². The Hall–Kier alpha value is -1.25. The molecule has 1 aliphatic carbocycles. The molecule has 1 heterocycles. The van der Waals surface area contributed by atoms with E-state index in [0.717, 1.165) is 11.7 Å². The minimum atomic E-state index is 0.628. The summed E-state index contributed by atoms with van der Waals surface area (Å²) < 4.78 is 0. The number of pyridine rings is 1. The summed E-state index contributed by atoms with van der Waals surface area (Å²) >= 11 is 0. The van der Waals surface area contributed by atoms with Crippen LogP contribution in [0.1, 0.15) is 32.6 Å². The van der Waals surface area contributed by atoms with E-state index < -0.39 is 0 Å². The van der Waals surface area contributed by atoms with Crippen LogP contribution in [0.5, 0.6) is 0 Å². The van der Waals surface area contributed by atoms with E-state index >= 15 is 0 Å². The summed E-state index contributed by atoms with van der Waals surface area (Å²) in [5, 5.41) is 3.65. The molecule has 1 aliphatic rings. The highest BCUT2D eigenvalue weighted by Crippen LogP contribution is 2.31. The molecule has 0 radical (unpaired) electrons. The Labute approximate surface area is 104 Å². The molecule has 3 heteroatoms. The molecule has 3 nitrogen and oxygen atoms in total. The van der Waals surface area contributed by atoms with E-state index in [-0.39, 0.29) is 0 Å². The Morgan fingerprint density at radius 3 is 2.88 bits per heavy atom. The van der Waals surface area contributed by atoms with Crippen molar-refractivity contribution in [1.82, 2.24) is 4.98 Å². The number of nitrogens with one attached hydrogen (secondary N) is 1. The van der Waals surface area contributed by atoms with Crippen LogP contribution in [-0.2, 0) is 0 Å². The number of anilines is 2. The van der Waals surface area contributed by atoms with Gasteiger partial charge in [-0.05, 0) is 37.3 Å². The molecule has 0 aliphatic heterocycles. The molecule has 1 aromatic rings. The predicted molar refractivity (Wildman–Crippen MR) is 73.6 cm³/mol. The molecule has 2 unspecified atom stereocenters. The van der Waals surface area contributed by atoms with Crippen LogP contribution >= 0.6 is 0 Å². The van der Waals surface area contributed by atoms with Crippen molar-refractivity contribution in [3.05, 3.63) is 18.3 Å². The molecule has 2 rings (SSSR count).